The van der Waals surface area contributed by atoms with Gasteiger partial charge in [0.2, 0.25) is 0 Å². The maximum atomic E-state index is 12.8. The van der Waals surface area contributed by atoms with E-state index < -0.39 is 0 Å². The van der Waals surface area contributed by atoms with Crippen LogP contribution in [0.15, 0.2) is 0 Å². The second kappa shape index (κ2) is 50.7. The Bertz CT molecular complexity index is 1060. The number of carbonyl (C=O) groups excluding carboxylic acids is 3. The van der Waals surface area contributed by atoms with Crippen LogP contribution >= 0.6 is 0 Å². The van der Waals surface area contributed by atoms with Gasteiger partial charge in [0.1, 0.15) is 18.8 Å². The van der Waals surface area contributed by atoms with E-state index in [1.165, 1.54) is 51.4 Å². The molecule has 13 nitrogen and oxygen atoms in total. The van der Waals surface area contributed by atoms with Crippen LogP contribution in [0.5, 0.6) is 0 Å². The molecule has 70 heavy (non-hydrogen) atoms. The monoisotopic (exact) mass is 998 g/mol. The summed E-state index contributed by atoms with van der Waals surface area (Å²) < 4.78 is 41.0. The summed E-state index contributed by atoms with van der Waals surface area (Å²) in [7, 11) is 0. The molecule has 0 radical (unpaired) electrons. The first-order chi connectivity index (χ1) is 34.3. The number of hydrogen-bond donors (Lipinski definition) is 0. The molecule has 1 heterocycles. The molecule has 13 heteroatoms. The lowest BCUT2D eigenvalue weighted by atomic mass is 10.1. The average Bonchev–Trinajstić information content (AvgIpc) is 3.36. The lowest BCUT2D eigenvalue weighted by molar-refractivity contribution is -0.157. The van der Waals surface area contributed by atoms with Crippen LogP contribution in [0.4, 0.5) is 0 Å². The first-order valence-corrected chi connectivity index (χ1v) is 29.4. The first-order valence-electron chi connectivity index (χ1n) is 29.4. The van der Waals surface area contributed by atoms with Gasteiger partial charge in [-0.3, -0.25) is 19.3 Å². The molecule has 1 rings (SSSR count). The third-order valence-corrected chi connectivity index (χ3v) is 13.3. The second-order valence-corrected chi connectivity index (χ2v) is 19.9. The van der Waals surface area contributed by atoms with E-state index in [1.807, 2.05) is 0 Å². The molecule has 1 aliphatic rings. The minimum atomic E-state index is -0.359. The molecule has 0 amide bonds. The van der Waals surface area contributed by atoms with Crippen LogP contribution in [0.1, 0.15) is 221 Å². The Balaban J connectivity index is 2.51. The van der Waals surface area contributed by atoms with Crippen molar-refractivity contribution in [3.63, 3.8) is 0 Å². The van der Waals surface area contributed by atoms with Crippen LogP contribution in [0.25, 0.3) is 0 Å². The number of likely N-dealkylation sites (N-methyl/N-ethyl adjacent to an activating group) is 1. The zero-order valence-corrected chi connectivity index (χ0v) is 46.3. The third-order valence-electron chi connectivity index (χ3n) is 13.3. The summed E-state index contributed by atoms with van der Waals surface area (Å²) in [5.41, 5.74) is 0. The van der Waals surface area contributed by atoms with E-state index >= 15 is 0 Å². The van der Waals surface area contributed by atoms with Crippen molar-refractivity contribution < 1.29 is 47.5 Å². The van der Waals surface area contributed by atoms with Crippen LogP contribution in [0.2, 0.25) is 0 Å². The molecule has 1 aliphatic heterocycles. The summed E-state index contributed by atoms with van der Waals surface area (Å²) in [6.07, 6.45) is 28.9. The van der Waals surface area contributed by atoms with Gasteiger partial charge in [0.15, 0.2) is 0 Å². The normalized spacial score (nSPS) is 13.5. The van der Waals surface area contributed by atoms with Crippen LogP contribution in [0, 0.1) is 0 Å². The van der Waals surface area contributed by atoms with E-state index in [1.54, 1.807) is 0 Å². The molecule has 1 saturated heterocycles. The molecule has 0 aromatic heterocycles. The quantitative estimate of drug-likeness (QED) is 0.0326. The molecular formula is C57H111N3O10. The van der Waals surface area contributed by atoms with Crippen LogP contribution in [-0.2, 0) is 47.5 Å². The van der Waals surface area contributed by atoms with Gasteiger partial charge in [-0.2, -0.15) is 0 Å². The summed E-state index contributed by atoms with van der Waals surface area (Å²) in [5, 5.41) is 0. The van der Waals surface area contributed by atoms with Crippen LogP contribution in [0.3, 0.4) is 0 Å². The van der Waals surface area contributed by atoms with Gasteiger partial charge in [0.25, 0.3) is 0 Å². The highest BCUT2D eigenvalue weighted by atomic mass is 16.6. The molecule has 0 unspecified atom stereocenters. The molecule has 0 aliphatic carbocycles. The summed E-state index contributed by atoms with van der Waals surface area (Å²) >= 11 is 0. The number of nitrogens with zero attached hydrogens (tertiary/aromatic N) is 3. The van der Waals surface area contributed by atoms with Crippen molar-refractivity contribution in [2.75, 3.05) is 118 Å². The second-order valence-electron chi connectivity index (χ2n) is 19.9. The number of unbranched alkanes of at least 4 members (excludes halogenated alkanes) is 20. The number of ether oxygens (including phenoxy) is 7. The van der Waals surface area contributed by atoms with E-state index in [2.05, 4.69) is 49.3 Å². The maximum absolute atomic E-state index is 12.8. The largest absolute Gasteiger partial charge is 0.464 e. The molecule has 0 N–H and O–H groups in total. The van der Waals surface area contributed by atoms with E-state index in [0.29, 0.717) is 85.3 Å². The fourth-order valence-electron chi connectivity index (χ4n) is 8.65. The number of rotatable bonds is 53. The van der Waals surface area contributed by atoms with Crippen LogP contribution in [-0.4, -0.2) is 163 Å². The highest BCUT2D eigenvalue weighted by molar-refractivity contribution is 5.70. The average molecular weight is 999 g/mol. The van der Waals surface area contributed by atoms with Gasteiger partial charge < -0.3 is 43.0 Å². The first kappa shape index (κ1) is 66.1. The van der Waals surface area contributed by atoms with Crippen LogP contribution < -0.4 is 0 Å². The SMILES string of the molecule is CCCCCCOCC(COCCCCCC)OC(=O)CCCCCCCN(CCCCCCCC(=O)OC(COCCCCCC)COCCCCCC)CCC(=O)OCCN1CCN(CC)CC1. The Hall–Kier alpha value is -1.87. The van der Waals surface area contributed by atoms with Crippen molar-refractivity contribution >= 4 is 17.9 Å². The smallest absolute Gasteiger partial charge is 0.307 e. The number of esters is 3. The van der Waals surface area contributed by atoms with Crippen molar-refractivity contribution in [2.45, 2.75) is 233 Å². The summed E-state index contributed by atoms with van der Waals surface area (Å²) in [6.45, 7) is 24.5. The molecule has 0 aromatic carbocycles. The molecule has 1 fully saturated rings. The molecule has 0 saturated carbocycles. The molecule has 0 aromatic rings. The van der Waals surface area contributed by atoms with E-state index in [0.717, 1.165) is 168 Å². The topological polar surface area (TPSA) is 126 Å². The molecule has 0 bridgehead atoms. The lowest BCUT2D eigenvalue weighted by Crippen LogP contribution is -2.47. The van der Waals surface area contributed by atoms with Gasteiger partial charge in [0.05, 0.1) is 32.8 Å². The van der Waals surface area contributed by atoms with Crippen molar-refractivity contribution in [2.24, 2.45) is 0 Å². The molecule has 0 spiro atoms. The lowest BCUT2D eigenvalue weighted by Gasteiger charge is -2.33. The predicted octanol–water partition coefficient (Wildman–Crippen LogP) is 11.8. The fourth-order valence-corrected chi connectivity index (χ4v) is 8.65. The Morgan fingerprint density at radius 3 is 1.13 bits per heavy atom. The Kier molecular flexibility index (Phi) is 47.9. The minimum Gasteiger partial charge on any atom is -0.464 e. The van der Waals surface area contributed by atoms with E-state index in [4.69, 9.17) is 33.2 Å². The van der Waals surface area contributed by atoms with Gasteiger partial charge in [0, 0.05) is 78.5 Å². The third kappa shape index (κ3) is 42.6. The van der Waals surface area contributed by atoms with E-state index in [9.17, 15) is 14.4 Å². The number of hydrogen-bond acceptors (Lipinski definition) is 13. The highest BCUT2D eigenvalue weighted by Crippen LogP contribution is 2.13. The van der Waals surface area contributed by atoms with Crippen molar-refractivity contribution in [1.82, 2.24) is 14.7 Å². The summed E-state index contributed by atoms with van der Waals surface area (Å²) in [6, 6.07) is 0. The predicted molar refractivity (Wildman–Crippen MR) is 286 cm³/mol. The fraction of sp³-hybridized carbons (Fsp3) is 0.947. The van der Waals surface area contributed by atoms with Crippen molar-refractivity contribution in [3.05, 3.63) is 0 Å². The number of piperazine rings is 1. The van der Waals surface area contributed by atoms with Gasteiger partial charge in [-0.05, 0) is 71.0 Å². The molecular weight excluding hydrogens is 887 g/mol. The van der Waals surface area contributed by atoms with Gasteiger partial charge in [-0.1, -0.05) is 150 Å². The van der Waals surface area contributed by atoms with Gasteiger partial charge in [-0.15, -0.1) is 0 Å². The van der Waals surface area contributed by atoms with E-state index in [-0.39, 0.29) is 30.1 Å². The number of carbonyl (C=O) groups is 3. The van der Waals surface area contributed by atoms with Crippen molar-refractivity contribution in [1.29, 1.82) is 0 Å². The van der Waals surface area contributed by atoms with Gasteiger partial charge >= 0.3 is 17.9 Å². The Labute approximate surface area is 430 Å². The molecule has 0 atom stereocenters. The highest BCUT2D eigenvalue weighted by Gasteiger charge is 2.19. The van der Waals surface area contributed by atoms with Crippen molar-refractivity contribution in [3.8, 4) is 0 Å². The standard InChI is InChI=1S/C57H111N3O10/c1-6-11-15-29-44-64-49-53(50-65-45-30-16-12-7-2)69-56(62)33-25-21-19-23-27-36-59(38-35-55(61)68-48-43-60-41-39-58(10-5)40-42-60)37-28-24-20-22-26-34-57(63)70-54(51-66-46-31-17-13-8-3)52-67-47-32-18-14-9-4/h53-54H,6-52H2,1-5H3. The minimum absolute atomic E-state index is 0.116. The summed E-state index contributed by atoms with van der Waals surface area (Å²) in [4.78, 5) is 45.8. The summed E-state index contributed by atoms with van der Waals surface area (Å²) in [5.74, 6) is -0.445. The maximum Gasteiger partial charge on any atom is 0.307 e. The zero-order chi connectivity index (χ0) is 50.8. The molecule has 414 valence electrons. The Morgan fingerprint density at radius 2 is 0.743 bits per heavy atom. The Morgan fingerprint density at radius 1 is 0.386 bits per heavy atom. The van der Waals surface area contributed by atoms with Gasteiger partial charge in [-0.25, -0.2) is 0 Å². The zero-order valence-electron chi connectivity index (χ0n) is 46.3.